The molecule has 1 N–H and O–H groups in total. The number of rotatable bonds is 4. The molecular weight excluding hydrogens is 226 g/mol. The van der Waals surface area contributed by atoms with Gasteiger partial charge in [-0.15, -0.1) is 0 Å². The van der Waals surface area contributed by atoms with Crippen molar-refractivity contribution in [1.82, 2.24) is 10.3 Å². The lowest BCUT2D eigenvalue weighted by molar-refractivity contribution is 0.401. The lowest BCUT2D eigenvalue weighted by Crippen LogP contribution is -2.46. The monoisotopic (exact) mass is 249 g/mol. The van der Waals surface area contributed by atoms with Crippen molar-refractivity contribution in [1.29, 1.82) is 0 Å². The van der Waals surface area contributed by atoms with Crippen molar-refractivity contribution in [3.05, 3.63) is 18.0 Å². The number of piperidine rings is 1. The summed E-state index contributed by atoms with van der Waals surface area (Å²) in [5.74, 6) is 0.869. The van der Waals surface area contributed by atoms with Crippen LogP contribution in [0, 0.1) is 6.92 Å². The topological polar surface area (TPSA) is 37.4 Å². The maximum Gasteiger partial charge on any atom is 0.160 e. The number of nitrogens with one attached hydrogen (secondary N) is 1. The van der Waals surface area contributed by atoms with Gasteiger partial charge in [-0.3, -0.25) is 4.98 Å². The molecule has 2 rings (SSSR count). The second kappa shape index (κ2) is 6.05. The van der Waals surface area contributed by atoms with Crippen molar-refractivity contribution in [2.24, 2.45) is 0 Å². The smallest absolute Gasteiger partial charge is 0.160 e. The number of anilines is 1. The van der Waals surface area contributed by atoms with Crippen molar-refractivity contribution >= 4 is 5.69 Å². The number of nitrogens with zero attached hydrogens (tertiary/aromatic N) is 2. The molecule has 1 saturated heterocycles. The van der Waals surface area contributed by atoms with E-state index in [0.717, 1.165) is 31.1 Å². The largest absolute Gasteiger partial charge is 0.493 e. The number of aromatic nitrogens is 1. The first-order valence-corrected chi connectivity index (χ1v) is 6.74. The molecule has 1 aromatic heterocycles. The summed E-state index contributed by atoms with van der Waals surface area (Å²) in [5.41, 5.74) is 2.20. The van der Waals surface area contributed by atoms with Gasteiger partial charge in [0, 0.05) is 24.8 Å². The van der Waals surface area contributed by atoms with Gasteiger partial charge in [0.2, 0.25) is 0 Å². The normalized spacial score (nSPS) is 19.6. The fourth-order valence-electron chi connectivity index (χ4n) is 2.64. The molecular formula is C14H23N3O. The van der Waals surface area contributed by atoms with Gasteiger partial charge in [0.25, 0.3) is 0 Å². The van der Waals surface area contributed by atoms with Crippen molar-refractivity contribution in [2.45, 2.75) is 32.7 Å². The molecule has 100 valence electrons. The second-order valence-electron chi connectivity index (χ2n) is 4.78. The predicted octanol–water partition coefficient (Wildman–Crippen LogP) is 1.98. The van der Waals surface area contributed by atoms with Crippen LogP contribution in [0.5, 0.6) is 5.75 Å². The molecule has 0 amide bonds. The summed E-state index contributed by atoms with van der Waals surface area (Å²) in [6, 6.07) is 2.68. The van der Waals surface area contributed by atoms with Crippen LogP contribution in [-0.2, 0) is 0 Å². The molecule has 18 heavy (non-hydrogen) atoms. The molecule has 1 aliphatic heterocycles. The number of hydrogen-bond acceptors (Lipinski definition) is 4. The first-order valence-electron chi connectivity index (χ1n) is 6.74. The maximum absolute atomic E-state index is 5.45. The number of likely N-dealkylation sites (N-methyl/N-ethyl adjacent to an activating group) is 1. The van der Waals surface area contributed by atoms with Crippen LogP contribution in [0.25, 0.3) is 0 Å². The van der Waals surface area contributed by atoms with E-state index in [1.54, 1.807) is 7.11 Å². The van der Waals surface area contributed by atoms with Crippen LogP contribution in [0.3, 0.4) is 0 Å². The SMILES string of the molecule is CCN(c1cc(C)ncc1OC)C1CCCNC1. The van der Waals surface area contributed by atoms with E-state index in [9.17, 15) is 0 Å². The van der Waals surface area contributed by atoms with Gasteiger partial charge in [0.15, 0.2) is 5.75 Å². The summed E-state index contributed by atoms with van der Waals surface area (Å²) in [5, 5.41) is 3.47. The van der Waals surface area contributed by atoms with Gasteiger partial charge < -0.3 is 15.0 Å². The second-order valence-corrected chi connectivity index (χ2v) is 4.78. The summed E-state index contributed by atoms with van der Waals surface area (Å²) in [7, 11) is 1.71. The molecule has 0 spiro atoms. The summed E-state index contributed by atoms with van der Waals surface area (Å²) < 4.78 is 5.45. The fraction of sp³-hybridized carbons (Fsp3) is 0.643. The van der Waals surface area contributed by atoms with Gasteiger partial charge in [-0.2, -0.15) is 0 Å². The molecule has 1 aromatic rings. The molecule has 2 heterocycles. The zero-order chi connectivity index (χ0) is 13.0. The maximum atomic E-state index is 5.45. The molecule has 1 fully saturated rings. The number of hydrogen-bond donors (Lipinski definition) is 1. The molecule has 0 bridgehead atoms. The van der Waals surface area contributed by atoms with E-state index in [1.807, 2.05) is 13.1 Å². The average Bonchev–Trinajstić information content (AvgIpc) is 2.41. The van der Waals surface area contributed by atoms with E-state index in [2.05, 4.69) is 28.2 Å². The molecule has 0 aromatic carbocycles. The van der Waals surface area contributed by atoms with E-state index in [1.165, 1.54) is 18.5 Å². The zero-order valence-electron chi connectivity index (χ0n) is 11.6. The zero-order valence-corrected chi connectivity index (χ0v) is 11.6. The molecule has 1 aliphatic rings. The third-order valence-electron chi connectivity index (χ3n) is 3.57. The highest BCUT2D eigenvalue weighted by Gasteiger charge is 2.22. The van der Waals surface area contributed by atoms with E-state index in [0.29, 0.717) is 6.04 Å². The van der Waals surface area contributed by atoms with Gasteiger partial charge in [0.1, 0.15) is 0 Å². The molecule has 4 nitrogen and oxygen atoms in total. The Morgan fingerprint density at radius 1 is 1.56 bits per heavy atom. The van der Waals surface area contributed by atoms with Crippen LogP contribution < -0.4 is 15.0 Å². The number of ether oxygens (including phenoxy) is 1. The van der Waals surface area contributed by atoms with Crippen LogP contribution in [0.15, 0.2) is 12.3 Å². The number of pyridine rings is 1. The third kappa shape index (κ3) is 2.75. The Balaban J connectivity index is 2.27. The Morgan fingerprint density at radius 3 is 3.00 bits per heavy atom. The molecule has 4 heteroatoms. The quantitative estimate of drug-likeness (QED) is 0.885. The Labute approximate surface area is 109 Å². The summed E-state index contributed by atoms with van der Waals surface area (Å²) in [6.45, 7) is 7.41. The third-order valence-corrected chi connectivity index (χ3v) is 3.57. The van der Waals surface area contributed by atoms with E-state index >= 15 is 0 Å². The van der Waals surface area contributed by atoms with Crippen molar-refractivity contribution < 1.29 is 4.74 Å². The Kier molecular flexibility index (Phi) is 4.42. The minimum atomic E-state index is 0.555. The first-order chi connectivity index (χ1) is 8.76. The van der Waals surface area contributed by atoms with Crippen LogP contribution in [0.1, 0.15) is 25.5 Å². The van der Waals surface area contributed by atoms with E-state index < -0.39 is 0 Å². The van der Waals surface area contributed by atoms with Crippen molar-refractivity contribution in [3.8, 4) is 5.75 Å². The highest BCUT2D eigenvalue weighted by atomic mass is 16.5. The number of methoxy groups -OCH3 is 1. The lowest BCUT2D eigenvalue weighted by atomic mass is 10.0. The van der Waals surface area contributed by atoms with Gasteiger partial charge in [-0.05, 0) is 39.3 Å². The lowest BCUT2D eigenvalue weighted by Gasteiger charge is -2.36. The molecule has 1 atom stereocenters. The Morgan fingerprint density at radius 2 is 2.39 bits per heavy atom. The van der Waals surface area contributed by atoms with Crippen LogP contribution >= 0.6 is 0 Å². The molecule has 0 radical (unpaired) electrons. The fourth-order valence-corrected chi connectivity index (χ4v) is 2.64. The van der Waals surface area contributed by atoms with E-state index in [-0.39, 0.29) is 0 Å². The van der Waals surface area contributed by atoms with Crippen LogP contribution in [0.2, 0.25) is 0 Å². The minimum absolute atomic E-state index is 0.555. The predicted molar refractivity (Wildman–Crippen MR) is 74.4 cm³/mol. The summed E-state index contributed by atoms with van der Waals surface area (Å²) in [6.07, 6.45) is 4.31. The summed E-state index contributed by atoms with van der Waals surface area (Å²) in [4.78, 5) is 6.74. The van der Waals surface area contributed by atoms with Crippen molar-refractivity contribution in [3.63, 3.8) is 0 Å². The Bertz CT molecular complexity index is 389. The average molecular weight is 249 g/mol. The molecule has 1 unspecified atom stereocenters. The Hall–Kier alpha value is -1.29. The summed E-state index contributed by atoms with van der Waals surface area (Å²) >= 11 is 0. The van der Waals surface area contributed by atoms with Gasteiger partial charge in [0.05, 0.1) is 19.0 Å². The standard InChI is InChI=1S/C14H23N3O/c1-4-17(12-6-5-7-15-9-12)13-8-11(2)16-10-14(13)18-3/h8,10,12,15H,4-7,9H2,1-3H3. The van der Waals surface area contributed by atoms with Crippen molar-refractivity contribution in [2.75, 3.05) is 31.6 Å². The number of aryl methyl sites for hydroxylation is 1. The molecule has 0 aliphatic carbocycles. The molecule has 0 saturated carbocycles. The highest BCUT2D eigenvalue weighted by Crippen LogP contribution is 2.30. The van der Waals surface area contributed by atoms with Crippen LogP contribution in [0.4, 0.5) is 5.69 Å². The van der Waals surface area contributed by atoms with Crippen LogP contribution in [-0.4, -0.2) is 37.8 Å². The van der Waals surface area contributed by atoms with Gasteiger partial charge in [-0.1, -0.05) is 0 Å². The first kappa shape index (κ1) is 13.1. The van der Waals surface area contributed by atoms with Gasteiger partial charge in [-0.25, -0.2) is 0 Å². The minimum Gasteiger partial charge on any atom is -0.493 e. The highest BCUT2D eigenvalue weighted by molar-refractivity contribution is 5.59. The van der Waals surface area contributed by atoms with E-state index in [4.69, 9.17) is 4.74 Å². The van der Waals surface area contributed by atoms with Gasteiger partial charge >= 0.3 is 0 Å².